The average molecular weight is 291 g/mol. The standard InChI is InChI=1S/C17H25NO3/c1-13-11-18(12-14(2)21-13)9-6-10-20-17-8-5-4-7-16(17)15(3)19/h4-5,7-8,13-14H,6,9-12H2,1-3H3/t13-,14-/m1/s1. The zero-order chi connectivity index (χ0) is 15.2. The highest BCUT2D eigenvalue weighted by Crippen LogP contribution is 2.18. The summed E-state index contributed by atoms with van der Waals surface area (Å²) >= 11 is 0. The Morgan fingerprint density at radius 3 is 2.62 bits per heavy atom. The number of rotatable bonds is 6. The lowest BCUT2D eigenvalue weighted by Crippen LogP contribution is -2.45. The molecule has 2 rings (SSSR count). The second-order valence-electron chi connectivity index (χ2n) is 5.77. The topological polar surface area (TPSA) is 38.8 Å². The normalized spacial score (nSPS) is 23.0. The van der Waals surface area contributed by atoms with Crippen molar-refractivity contribution >= 4 is 5.78 Å². The smallest absolute Gasteiger partial charge is 0.163 e. The second-order valence-corrected chi connectivity index (χ2v) is 5.77. The van der Waals surface area contributed by atoms with Crippen molar-refractivity contribution in [2.45, 2.75) is 39.4 Å². The molecule has 0 radical (unpaired) electrons. The third-order valence-corrected chi connectivity index (χ3v) is 3.64. The molecule has 0 unspecified atom stereocenters. The fraction of sp³-hybridized carbons (Fsp3) is 0.588. The van der Waals surface area contributed by atoms with Crippen LogP contribution in [0.5, 0.6) is 5.75 Å². The molecule has 1 aromatic rings. The van der Waals surface area contributed by atoms with E-state index in [1.165, 1.54) is 0 Å². The number of hydrogen-bond acceptors (Lipinski definition) is 4. The monoisotopic (exact) mass is 291 g/mol. The predicted molar refractivity (Wildman–Crippen MR) is 83.0 cm³/mol. The second kappa shape index (κ2) is 7.57. The van der Waals surface area contributed by atoms with Gasteiger partial charge in [0, 0.05) is 19.6 Å². The quantitative estimate of drug-likeness (QED) is 0.597. The van der Waals surface area contributed by atoms with E-state index in [4.69, 9.17) is 9.47 Å². The number of nitrogens with zero attached hydrogens (tertiary/aromatic N) is 1. The van der Waals surface area contributed by atoms with Gasteiger partial charge in [-0.1, -0.05) is 12.1 Å². The fourth-order valence-electron chi connectivity index (χ4n) is 2.82. The molecule has 4 heteroatoms. The molecule has 0 saturated carbocycles. The highest BCUT2D eigenvalue weighted by molar-refractivity contribution is 5.96. The van der Waals surface area contributed by atoms with Crippen LogP contribution in [0.15, 0.2) is 24.3 Å². The van der Waals surface area contributed by atoms with Crippen LogP contribution < -0.4 is 4.74 Å². The maximum absolute atomic E-state index is 11.5. The minimum atomic E-state index is 0.0430. The van der Waals surface area contributed by atoms with Gasteiger partial charge in [-0.3, -0.25) is 9.69 Å². The van der Waals surface area contributed by atoms with Crippen LogP contribution in [0.25, 0.3) is 0 Å². The maximum atomic E-state index is 11.5. The van der Waals surface area contributed by atoms with Crippen LogP contribution in [0, 0.1) is 0 Å². The van der Waals surface area contributed by atoms with Gasteiger partial charge in [-0.2, -0.15) is 0 Å². The van der Waals surface area contributed by atoms with Crippen LogP contribution in [0.2, 0.25) is 0 Å². The Bertz CT molecular complexity index is 465. The summed E-state index contributed by atoms with van der Waals surface area (Å²) < 4.78 is 11.5. The van der Waals surface area contributed by atoms with Crippen molar-refractivity contribution in [2.24, 2.45) is 0 Å². The van der Waals surface area contributed by atoms with Gasteiger partial charge < -0.3 is 9.47 Å². The first-order chi connectivity index (χ1) is 10.1. The molecule has 1 aromatic carbocycles. The van der Waals surface area contributed by atoms with Crippen molar-refractivity contribution in [3.05, 3.63) is 29.8 Å². The minimum absolute atomic E-state index is 0.0430. The van der Waals surface area contributed by atoms with Crippen molar-refractivity contribution in [2.75, 3.05) is 26.2 Å². The summed E-state index contributed by atoms with van der Waals surface area (Å²) in [5, 5.41) is 0. The molecular weight excluding hydrogens is 266 g/mol. The number of carbonyl (C=O) groups excluding carboxylic acids is 1. The van der Waals surface area contributed by atoms with Gasteiger partial charge in [0.15, 0.2) is 5.78 Å². The number of ketones is 1. The van der Waals surface area contributed by atoms with Gasteiger partial charge in [0.2, 0.25) is 0 Å². The Morgan fingerprint density at radius 1 is 1.29 bits per heavy atom. The molecule has 0 aromatic heterocycles. The van der Waals surface area contributed by atoms with Gasteiger partial charge in [-0.15, -0.1) is 0 Å². The first kappa shape index (κ1) is 16.0. The molecule has 21 heavy (non-hydrogen) atoms. The Labute approximate surface area is 127 Å². The van der Waals surface area contributed by atoms with Gasteiger partial charge in [0.1, 0.15) is 5.75 Å². The zero-order valence-electron chi connectivity index (χ0n) is 13.2. The molecule has 0 bridgehead atoms. The summed E-state index contributed by atoms with van der Waals surface area (Å²) in [4.78, 5) is 13.9. The summed E-state index contributed by atoms with van der Waals surface area (Å²) in [6, 6.07) is 7.42. The summed E-state index contributed by atoms with van der Waals surface area (Å²) in [6.45, 7) is 9.39. The third-order valence-electron chi connectivity index (χ3n) is 3.64. The van der Waals surface area contributed by atoms with Crippen LogP contribution in [0.4, 0.5) is 0 Å². The molecule has 2 atom stereocenters. The average Bonchev–Trinajstić information content (AvgIpc) is 2.43. The van der Waals surface area contributed by atoms with Crippen molar-refractivity contribution in [3.8, 4) is 5.75 Å². The molecule has 0 N–H and O–H groups in total. The maximum Gasteiger partial charge on any atom is 0.163 e. The van der Waals surface area contributed by atoms with Crippen LogP contribution in [-0.2, 0) is 4.74 Å². The molecule has 116 valence electrons. The number of Topliss-reactive ketones (excluding diaryl/α,β-unsaturated/α-hetero) is 1. The number of benzene rings is 1. The first-order valence-corrected chi connectivity index (χ1v) is 7.67. The van der Waals surface area contributed by atoms with Crippen LogP contribution >= 0.6 is 0 Å². The summed E-state index contributed by atoms with van der Waals surface area (Å²) in [6.07, 6.45) is 1.55. The summed E-state index contributed by atoms with van der Waals surface area (Å²) in [5.74, 6) is 0.732. The fourth-order valence-corrected chi connectivity index (χ4v) is 2.82. The lowest BCUT2D eigenvalue weighted by atomic mass is 10.1. The number of para-hydroxylation sites is 1. The third kappa shape index (κ3) is 4.83. The van der Waals surface area contributed by atoms with Crippen LogP contribution in [0.1, 0.15) is 37.6 Å². The van der Waals surface area contributed by atoms with Gasteiger partial charge in [-0.05, 0) is 39.3 Å². The van der Waals surface area contributed by atoms with Crippen molar-refractivity contribution in [1.29, 1.82) is 0 Å². The van der Waals surface area contributed by atoms with E-state index in [-0.39, 0.29) is 5.78 Å². The van der Waals surface area contributed by atoms with E-state index in [0.717, 1.165) is 26.1 Å². The molecule has 4 nitrogen and oxygen atoms in total. The highest BCUT2D eigenvalue weighted by atomic mass is 16.5. The van der Waals surface area contributed by atoms with E-state index in [2.05, 4.69) is 18.7 Å². The molecular formula is C17H25NO3. The molecule has 1 fully saturated rings. The lowest BCUT2D eigenvalue weighted by molar-refractivity contribution is -0.0686. The minimum Gasteiger partial charge on any atom is -0.493 e. The van der Waals surface area contributed by atoms with Gasteiger partial charge in [0.05, 0.1) is 24.4 Å². The van der Waals surface area contributed by atoms with E-state index in [1.807, 2.05) is 24.3 Å². The van der Waals surface area contributed by atoms with E-state index < -0.39 is 0 Å². The van der Waals surface area contributed by atoms with E-state index >= 15 is 0 Å². The van der Waals surface area contributed by atoms with E-state index in [1.54, 1.807) is 6.92 Å². The Morgan fingerprint density at radius 2 is 1.95 bits per heavy atom. The number of hydrogen-bond donors (Lipinski definition) is 0. The van der Waals surface area contributed by atoms with Gasteiger partial charge in [0.25, 0.3) is 0 Å². The summed E-state index contributed by atoms with van der Waals surface area (Å²) in [5.41, 5.74) is 0.658. The number of carbonyl (C=O) groups is 1. The van der Waals surface area contributed by atoms with Gasteiger partial charge >= 0.3 is 0 Å². The molecule has 0 spiro atoms. The van der Waals surface area contributed by atoms with Crippen LogP contribution in [0.3, 0.4) is 0 Å². The Kier molecular flexibility index (Phi) is 5.76. The molecule has 0 aliphatic carbocycles. The Hall–Kier alpha value is -1.39. The zero-order valence-corrected chi connectivity index (χ0v) is 13.2. The Balaban J connectivity index is 1.76. The van der Waals surface area contributed by atoms with E-state index in [0.29, 0.717) is 30.1 Å². The molecule has 1 aliphatic heterocycles. The van der Waals surface area contributed by atoms with Crippen LogP contribution in [-0.4, -0.2) is 49.1 Å². The lowest BCUT2D eigenvalue weighted by Gasteiger charge is -2.35. The molecule has 1 heterocycles. The van der Waals surface area contributed by atoms with Gasteiger partial charge in [-0.25, -0.2) is 0 Å². The highest BCUT2D eigenvalue weighted by Gasteiger charge is 2.21. The van der Waals surface area contributed by atoms with Crippen molar-refractivity contribution < 1.29 is 14.3 Å². The SMILES string of the molecule is CC(=O)c1ccccc1OCCCN1C[C@@H](C)O[C@H](C)C1. The van der Waals surface area contributed by atoms with Crippen molar-refractivity contribution in [3.63, 3.8) is 0 Å². The molecule has 1 saturated heterocycles. The first-order valence-electron chi connectivity index (χ1n) is 7.67. The number of morpholine rings is 1. The van der Waals surface area contributed by atoms with Crippen molar-refractivity contribution in [1.82, 2.24) is 4.90 Å². The summed E-state index contributed by atoms with van der Waals surface area (Å²) in [7, 11) is 0. The van der Waals surface area contributed by atoms with E-state index in [9.17, 15) is 4.79 Å². The predicted octanol–water partition coefficient (Wildman–Crippen LogP) is 2.77. The largest absolute Gasteiger partial charge is 0.493 e. The molecule has 1 aliphatic rings. The molecule has 0 amide bonds. The number of ether oxygens (including phenoxy) is 2.